The molecule has 0 unspecified atom stereocenters. The van der Waals surface area contributed by atoms with Gasteiger partial charge in [0.05, 0.1) is 11.0 Å². The molecule has 8 heteroatoms. The van der Waals surface area contributed by atoms with Gasteiger partial charge in [-0.15, -0.1) is 0 Å². The summed E-state index contributed by atoms with van der Waals surface area (Å²) in [6, 6.07) is 3.29. The highest BCUT2D eigenvalue weighted by molar-refractivity contribution is 5.82. The van der Waals surface area contributed by atoms with E-state index in [1.807, 2.05) is 0 Å². The van der Waals surface area contributed by atoms with Crippen LogP contribution >= 0.6 is 0 Å². The number of rotatable bonds is 3. The van der Waals surface area contributed by atoms with Crippen LogP contribution in [0.5, 0.6) is 0 Å². The van der Waals surface area contributed by atoms with E-state index in [0.29, 0.717) is 0 Å². The number of fused-ring (bicyclic) bond motifs is 1. The predicted molar refractivity (Wildman–Crippen MR) is 62.8 cm³/mol. The number of aliphatic carboxylic acids is 1. The molecule has 0 bridgehead atoms. The third-order valence-corrected chi connectivity index (χ3v) is 2.75. The smallest absolute Gasteiger partial charge is 0.323 e. The lowest BCUT2D eigenvalue weighted by atomic mass is 10.3. The number of imidazole rings is 1. The van der Waals surface area contributed by atoms with Crippen LogP contribution in [-0.2, 0) is 11.3 Å². The van der Waals surface area contributed by atoms with Crippen LogP contribution in [0.2, 0.25) is 0 Å². The lowest BCUT2D eigenvalue weighted by Crippen LogP contribution is -2.10. The van der Waals surface area contributed by atoms with E-state index in [9.17, 15) is 13.6 Å². The van der Waals surface area contributed by atoms with Crippen LogP contribution in [0.15, 0.2) is 29.0 Å². The number of nitrogens with zero attached hydrogens (tertiary/aromatic N) is 3. The van der Waals surface area contributed by atoms with Crippen LogP contribution in [0.1, 0.15) is 0 Å². The first kappa shape index (κ1) is 12.3. The highest BCUT2D eigenvalue weighted by Gasteiger charge is 2.18. The molecule has 1 N–H and O–H groups in total. The normalized spacial score (nSPS) is 11.1. The zero-order chi connectivity index (χ0) is 14.3. The lowest BCUT2D eigenvalue weighted by Gasteiger charge is -2.03. The molecule has 20 heavy (non-hydrogen) atoms. The van der Waals surface area contributed by atoms with Crippen LogP contribution in [0.4, 0.5) is 8.78 Å². The van der Waals surface area contributed by atoms with Crippen molar-refractivity contribution in [2.45, 2.75) is 6.54 Å². The van der Waals surface area contributed by atoms with E-state index >= 15 is 0 Å². The molecule has 0 aliphatic heterocycles. The van der Waals surface area contributed by atoms with Gasteiger partial charge in [-0.2, -0.15) is 0 Å². The number of aromatic nitrogens is 3. The second-order valence-electron chi connectivity index (χ2n) is 4.06. The Balaban J connectivity index is 2.30. The molecule has 0 radical (unpaired) electrons. The number of carbonyl (C=O) groups is 1. The molecule has 3 rings (SSSR count). The van der Waals surface area contributed by atoms with Crippen molar-refractivity contribution in [2.24, 2.45) is 0 Å². The standard InChI is InChI=1S/C12H7F2N3O3/c13-6-3-9-10(4-7(6)14)17(5-11(18)19)12(15-9)8-1-2-20-16-8/h1-4H,5H2,(H,18,19). The molecule has 3 aromatic rings. The summed E-state index contributed by atoms with van der Waals surface area (Å²) in [4.78, 5) is 15.0. The van der Waals surface area contributed by atoms with E-state index in [-0.39, 0.29) is 22.6 Å². The summed E-state index contributed by atoms with van der Waals surface area (Å²) in [5.74, 6) is -3.10. The van der Waals surface area contributed by atoms with Crippen molar-refractivity contribution in [3.05, 3.63) is 36.1 Å². The van der Waals surface area contributed by atoms with Gasteiger partial charge in [-0.05, 0) is 0 Å². The molecule has 2 aromatic heterocycles. The number of carboxylic acid groups (broad SMARTS) is 1. The zero-order valence-corrected chi connectivity index (χ0v) is 9.88. The minimum absolute atomic E-state index is 0.142. The van der Waals surface area contributed by atoms with E-state index < -0.39 is 24.1 Å². The van der Waals surface area contributed by atoms with Gasteiger partial charge >= 0.3 is 5.97 Å². The van der Waals surface area contributed by atoms with Gasteiger partial charge in [-0.3, -0.25) is 4.79 Å². The summed E-state index contributed by atoms with van der Waals surface area (Å²) >= 11 is 0. The molecule has 0 amide bonds. The van der Waals surface area contributed by atoms with Gasteiger partial charge in [-0.1, -0.05) is 5.16 Å². The van der Waals surface area contributed by atoms with E-state index in [1.54, 1.807) is 0 Å². The van der Waals surface area contributed by atoms with Gasteiger partial charge in [0.25, 0.3) is 0 Å². The molecule has 6 nitrogen and oxygen atoms in total. The molecular formula is C12H7F2N3O3. The second kappa shape index (κ2) is 4.41. The first-order valence-corrected chi connectivity index (χ1v) is 5.54. The first-order valence-electron chi connectivity index (χ1n) is 5.54. The molecule has 0 spiro atoms. The Morgan fingerprint density at radius 3 is 2.75 bits per heavy atom. The Kier molecular flexibility index (Phi) is 2.70. The summed E-state index contributed by atoms with van der Waals surface area (Å²) in [5, 5.41) is 12.6. The number of benzene rings is 1. The highest BCUT2D eigenvalue weighted by atomic mass is 19.2. The van der Waals surface area contributed by atoms with E-state index in [4.69, 9.17) is 5.11 Å². The first-order chi connectivity index (χ1) is 9.56. The Morgan fingerprint density at radius 2 is 2.10 bits per heavy atom. The second-order valence-corrected chi connectivity index (χ2v) is 4.06. The molecule has 0 atom stereocenters. The fraction of sp³-hybridized carbons (Fsp3) is 0.0833. The van der Waals surface area contributed by atoms with E-state index in [0.717, 1.165) is 12.1 Å². The van der Waals surface area contributed by atoms with Gasteiger partial charge in [0.15, 0.2) is 17.5 Å². The third kappa shape index (κ3) is 1.91. The van der Waals surface area contributed by atoms with Crippen molar-refractivity contribution in [3.8, 4) is 11.5 Å². The average molecular weight is 279 g/mol. The van der Waals surface area contributed by atoms with Crippen molar-refractivity contribution >= 4 is 17.0 Å². The minimum Gasteiger partial charge on any atom is -0.480 e. The lowest BCUT2D eigenvalue weighted by molar-refractivity contribution is -0.137. The van der Waals surface area contributed by atoms with Gasteiger partial charge < -0.3 is 14.2 Å². The molecule has 1 aromatic carbocycles. The van der Waals surface area contributed by atoms with Crippen molar-refractivity contribution in [2.75, 3.05) is 0 Å². The Labute approximate surface area is 110 Å². The molecular weight excluding hydrogens is 272 g/mol. The van der Waals surface area contributed by atoms with Crippen LogP contribution in [0.3, 0.4) is 0 Å². The van der Waals surface area contributed by atoms with Crippen LogP contribution in [0.25, 0.3) is 22.6 Å². The Hall–Kier alpha value is -2.77. The molecule has 2 heterocycles. The van der Waals surface area contributed by atoms with Crippen molar-refractivity contribution < 1.29 is 23.2 Å². The van der Waals surface area contributed by atoms with Gasteiger partial charge in [0, 0.05) is 18.2 Å². The van der Waals surface area contributed by atoms with Crippen LogP contribution in [-0.4, -0.2) is 25.8 Å². The number of hydrogen-bond acceptors (Lipinski definition) is 4. The summed E-state index contributed by atoms with van der Waals surface area (Å²) in [6.07, 6.45) is 1.29. The maximum absolute atomic E-state index is 13.3. The van der Waals surface area contributed by atoms with Crippen molar-refractivity contribution in [1.82, 2.24) is 14.7 Å². The number of halogens is 2. The Morgan fingerprint density at radius 1 is 1.35 bits per heavy atom. The molecule has 0 saturated carbocycles. The monoisotopic (exact) mass is 279 g/mol. The fourth-order valence-corrected chi connectivity index (χ4v) is 1.94. The Bertz CT molecular complexity index is 796. The topological polar surface area (TPSA) is 81.1 Å². The van der Waals surface area contributed by atoms with Crippen molar-refractivity contribution in [1.29, 1.82) is 0 Å². The largest absolute Gasteiger partial charge is 0.480 e. The quantitative estimate of drug-likeness (QED) is 0.793. The van der Waals surface area contributed by atoms with Gasteiger partial charge in [0.1, 0.15) is 18.5 Å². The summed E-state index contributed by atoms with van der Waals surface area (Å²) < 4.78 is 32.4. The number of carboxylic acids is 1. The summed E-state index contributed by atoms with van der Waals surface area (Å²) in [5.41, 5.74) is 0.593. The van der Waals surface area contributed by atoms with Crippen LogP contribution in [0, 0.1) is 11.6 Å². The predicted octanol–water partition coefficient (Wildman–Crippen LogP) is 2.05. The van der Waals surface area contributed by atoms with E-state index in [1.165, 1.54) is 16.9 Å². The molecule has 102 valence electrons. The van der Waals surface area contributed by atoms with Gasteiger partial charge in [-0.25, -0.2) is 13.8 Å². The van der Waals surface area contributed by atoms with E-state index in [2.05, 4.69) is 14.7 Å². The maximum Gasteiger partial charge on any atom is 0.323 e. The molecule has 0 aliphatic carbocycles. The summed E-state index contributed by atoms with van der Waals surface area (Å²) in [7, 11) is 0. The molecule has 0 fully saturated rings. The van der Waals surface area contributed by atoms with Gasteiger partial charge in [0.2, 0.25) is 0 Å². The third-order valence-electron chi connectivity index (χ3n) is 2.75. The minimum atomic E-state index is -1.14. The number of hydrogen-bond donors (Lipinski definition) is 1. The highest BCUT2D eigenvalue weighted by Crippen LogP contribution is 2.25. The SMILES string of the molecule is O=C(O)Cn1c(-c2ccon2)nc2cc(F)c(F)cc21. The van der Waals surface area contributed by atoms with Crippen LogP contribution < -0.4 is 0 Å². The zero-order valence-electron chi connectivity index (χ0n) is 9.88. The maximum atomic E-state index is 13.3. The molecule has 0 aliphatic rings. The average Bonchev–Trinajstić information content (AvgIpc) is 2.99. The fourth-order valence-electron chi connectivity index (χ4n) is 1.94. The summed E-state index contributed by atoms with van der Waals surface area (Å²) in [6.45, 7) is -0.455. The van der Waals surface area contributed by atoms with Crippen molar-refractivity contribution in [3.63, 3.8) is 0 Å². The molecule has 0 saturated heterocycles.